The van der Waals surface area contributed by atoms with Crippen LogP contribution in [0.15, 0.2) is 18.2 Å². The molecule has 1 saturated carbocycles. The normalized spacial score (nSPS) is 21.4. The molecule has 1 N–H and O–H groups in total. The monoisotopic (exact) mass is 247 g/mol. The molecule has 18 heavy (non-hydrogen) atoms. The highest BCUT2D eigenvalue weighted by Crippen LogP contribution is 2.43. The van der Waals surface area contributed by atoms with Gasteiger partial charge in [-0.15, -0.1) is 0 Å². The van der Waals surface area contributed by atoms with Gasteiger partial charge < -0.3 is 14.8 Å². The summed E-state index contributed by atoms with van der Waals surface area (Å²) in [6.07, 6.45) is 6.58. The molecule has 3 rings (SSSR count). The van der Waals surface area contributed by atoms with Crippen LogP contribution in [0, 0.1) is 5.41 Å². The highest BCUT2D eigenvalue weighted by atomic mass is 16.5. The number of benzene rings is 1. The second-order valence-corrected chi connectivity index (χ2v) is 5.54. The van der Waals surface area contributed by atoms with Crippen molar-refractivity contribution in [2.45, 2.75) is 32.1 Å². The van der Waals surface area contributed by atoms with Crippen molar-refractivity contribution in [3.8, 4) is 11.5 Å². The first kappa shape index (κ1) is 11.7. The highest BCUT2D eigenvalue weighted by Gasteiger charge is 2.35. The van der Waals surface area contributed by atoms with Crippen molar-refractivity contribution in [1.82, 2.24) is 0 Å². The van der Waals surface area contributed by atoms with E-state index in [2.05, 4.69) is 5.32 Å². The van der Waals surface area contributed by atoms with Gasteiger partial charge in [0.05, 0.1) is 13.7 Å². The van der Waals surface area contributed by atoms with Crippen LogP contribution in [0.3, 0.4) is 0 Å². The molecule has 2 aliphatic rings. The van der Waals surface area contributed by atoms with Crippen LogP contribution in [0.4, 0.5) is 5.69 Å². The molecule has 0 aromatic heterocycles. The Morgan fingerprint density at radius 3 is 2.83 bits per heavy atom. The molecule has 0 atom stereocenters. The molecular formula is C15H21NO2. The van der Waals surface area contributed by atoms with Gasteiger partial charge in [-0.1, -0.05) is 25.3 Å². The van der Waals surface area contributed by atoms with Crippen molar-refractivity contribution >= 4 is 5.69 Å². The standard InChI is InChI=1S/C15H21NO2/c1-17-12-6-5-7-13-14(12)16-10-15(11-18-13)8-3-2-4-9-15/h5-7,16H,2-4,8-11H2,1H3. The molecule has 0 saturated heterocycles. The Labute approximate surface area is 108 Å². The van der Waals surface area contributed by atoms with Gasteiger partial charge in [-0.3, -0.25) is 0 Å². The minimum atomic E-state index is 0.322. The maximum atomic E-state index is 6.04. The molecular weight excluding hydrogens is 226 g/mol. The predicted octanol–water partition coefficient (Wildman–Crippen LogP) is 3.45. The van der Waals surface area contributed by atoms with E-state index in [1.54, 1.807) is 7.11 Å². The van der Waals surface area contributed by atoms with Gasteiger partial charge in [-0.2, -0.15) is 0 Å². The Morgan fingerprint density at radius 1 is 1.22 bits per heavy atom. The molecule has 0 amide bonds. The maximum Gasteiger partial charge on any atom is 0.146 e. The predicted molar refractivity (Wildman–Crippen MR) is 72.5 cm³/mol. The number of rotatable bonds is 1. The van der Waals surface area contributed by atoms with E-state index in [0.717, 1.165) is 30.3 Å². The number of fused-ring (bicyclic) bond motifs is 1. The molecule has 3 heteroatoms. The smallest absolute Gasteiger partial charge is 0.146 e. The Morgan fingerprint density at radius 2 is 2.06 bits per heavy atom. The summed E-state index contributed by atoms with van der Waals surface area (Å²) in [4.78, 5) is 0. The third kappa shape index (κ3) is 2.02. The van der Waals surface area contributed by atoms with Gasteiger partial charge in [0.25, 0.3) is 0 Å². The Balaban J connectivity index is 1.85. The molecule has 3 nitrogen and oxygen atoms in total. The molecule has 1 heterocycles. The summed E-state index contributed by atoms with van der Waals surface area (Å²) in [6.45, 7) is 1.83. The zero-order valence-corrected chi connectivity index (χ0v) is 11.0. The molecule has 1 aliphatic carbocycles. The average Bonchev–Trinajstić information content (AvgIpc) is 2.60. The Bertz CT molecular complexity index is 425. The van der Waals surface area contributed by atoms with E-state index in [1.807, 2.05) is 18.2 Å². The van der Waals surface area contributed by atoms with Crippen LogP contribution in [-0.2, 0) is 0 Å². The highest BCUT2D eigenvalue weighted by molar-refractivity contribution is 5.66. The first-order chi connectivity index (χ1) is 8.83. The van der Waals surface area contributed by atoms with Crippen LogP contribution in [0.25, 0.3) is 0 Å². The summed E-state index contributed by atoms with van der Waals surface area (Å²) in [5.41, 5.74) is 1.34. The maximum absolute atomic E-state index is 6.04. The van der Waals surface area contributed by atoms with Gasteiger partial charge in [-0.05, 0) is 25.0 Å². The lowest BCUT2D eigenvalue weighted by atomic mass is 9.74. The van der Waals surface area contributed by atoms with Gasteiger partial charge in [0, 0.05) is 12.0 Å². The van der Waals surface area contributed by atoms with Crippen LogP contribution < -0.4 is 14.8 Å². The second-order valence-electron chi connectivity index (χ2n) is 5.54. The molecule has 1 aliphatic heterocycles. The number of para-hydroxylation sites is 1. The fourth-order valence-electron chi connectivity index (χ4n) is 3.16. The number of methoxy groups -OCH3 is 1. The van der Waals surface area contributed by atoms with E-state index in [9.17, 15) is 0 Å². The lowest BCUT2D eigenvalue weighted by Gasteiger charge is -2.35. The van der Waals surface area contributed by atoms with Gasteiger partial charge in [0.15, 0.2) is 0 Å². The lowest BCUT2D eigenvalue weighted by molar-refractivity contribution is 0.115. The summed E-state index contributed by atoms with van der Waals surface area (Å²) >= 11 is 0. The van der Waals surface area contributed by atoms with Crippen LogP contribution >= 0.6 is 0 Å². The number of hydrogen-bond acceptors (Lipinski definition) is 3. The molecule has 1 aromatic carbocycles. The van der Waals surface area contributed by atoms with E-state index in [0.29, 0.717) is 5.41 Å². The number of hydrogen-bond donors (Lipinski definition) is 1. The fraction of sp³-hybridized carbons (Fsp3) is 0.600. The zero-order chi connectivity index (χ0) is 12.4. The number of anilines is 1. The van der Waals surface area contributed by atoms with Gasteiger partial charge in [-0.25, -0.2) is 0 Å². The van der Waals surface area contributed by atoms with E-state index in [1.165, 1.54) is 32.1 Å². The second kappa shape index (κ2) is 4.71. The van der Waals surface area contributed by atoms with Gasteiger partial charge in [0.2, 0.25) is 0 Å². The van der Waals surface area contributed by atoms with Crippen molar-refractivity contribution in [2.75, 3.05) is 25.6 Å². The van der Waals surface area contributed by atoms with Crippen LogP contribution in [-0.4, -0.2) is 20.3 Å². The van der Waals surface area contributed by atoms with Crippen molar-refractivity contribution in [3.05, 3.63) is 18.2 Å². The van der Waals surface area contributed by atoms with Crippen molar-refractivity contribution in [2.24, 2.45) is 5.41 Å². The first-order valence-corrected chi connectivity index (χ1v) is 6.87. The van der Waals surface area contributed by atoms with Crippen molar-refractivity contribution in [1.29, 1.82) is 0 Å². The van der Waals surface area contributed by atoms with Crippen LogP contribution in [0.1, 0.15) is 32.1 Å². The molecule has 1 spiro atoms. The van der Waals surface area contributed by atoms with Crippen LogP contribution in [0.2, 0.25) is 0 Å². The quantitative estimate of drug-likeness (QED) is 0.824. The SMILES string of the molecule is COc1cccc2c1NCC1(CCCCC1)CO2. The summed E-state index contributed by atoms with van der Waals surface area (Å²) in [5.74, 6) is 1.80. The van der Waals surface area contributed by atoms with Gasteiger partial charge >= 0.3 is 0 Å². The molecule has 98 valence electrons. The fourth-order valence-corrected chi connectivity index (χ4v) is 3.16. The first-order valence-electron chi connectivity index (χ1n) is 6.87. The van der Waals surface area contributed by atoms with E-state index < -0.39 is 0 Å². The summed E-state index contributed by atoms with van der Waals surface area (Å²) < 4.78 is 11.4. The number of ether oxygens (including phenoxy) is 2. The summed E-state index contributed by atoms with van der Waals surface area (Å²) in [7, 11) is 1.71. The average molecular weight is 247 g/mol. The minimum Gasteiger partial charge on any atom is -0.494 e. The molecule has 0 unspecified atom stereocenters. The molecule has 1 fully saturated rings. The Kier molecular flexibility index (Phi) is 3.06. The van der Waals surface area contributed by atoms with Crippen molar-refractivity contribution < 1.29 is 9.47 Å². The molecule has 0 radical (unpaired) electrons. The summed E-state index contributed by atoms with van der Waals surface area (Å²) in [5, 5.41) is 3.56. The number of nitrogens with one attached hydrogen (secondary N) is 1. The minimum absolute atomic E-state index is 0.322. The van der Waals surface area contributed by atoms with E-state index >= 15 is 0 Å². The topological polar surface area (TPSA) is 30.5 Å². The molecule has 1 aromatic rings. The summed E-state index contributed by atoms with van der Waals surface area (Å²) in [6, 6.07) is 5.99. The van der Waals surface area contributed by atoms with E-state index in [4.69, 9.17) is 9.47 Å². The zero-order valence-electron chi connectivity index (χ0n) is 11.0. The lowest BCUT2D eigenvalue weighted by Crippen LogP contribution is -2.36. The van der Waals surface area contributed by atoms with Crippen molar-refractivity contribution in [3.63, 3.8) is 0 Å². The largest absolute Gasteiger partial charge is 0.494 e. The van der Waals surface area contributed by atoms with Gasteiger partial charge in [0.1, 0.15) is 17.2 Å². The Hall–Kier alpha value is -1.38. The third-order valence-corrected chi connectivity index (χ3v) is 4.30. The molecule has 0 bridgehead atoms. The van der Waals surface area contributed by atoms with E-state index in [-0.39, 0.29) is 0 Å². The third-order valence-electron chi connectivity index (χ3n) is 4.30. The van der Waals surface area contributed by atoms with Crippen LogP contribution in [0.5, 0.6) is 11.5 Å².